The molecule has 0 aliphatic carbocycles. The number of benzene rings is 2. The minimum atomic E-state index is 0.946. The van der Waals surface area contributed by atoms with Crippen molar-refractivity contribution in [3.63, 3.8) is 0 Å². The molecule has 0 radical (unpaired) electrons. The maximum absolute atomic E-state index is 5.51. The summed E-state index contributed by atoms with van der Waals surface area (Å²) in [5, 5.41) is 1.14. The van der Waals surface area contributed by atoms with Crippen LogP contribution in [0, 0.1) is 13.8 Å². The SMILES string of the molecule is COc1ccccc1N1CCN(c2nc3c(C)c(C)ccc3s2)CC1. The predicted molar refractivity (Wildman–Crippen MR) is 107 cm³/mol. The normalized spacial score (nSPS) is 15.0. The maximum Gasteiger partial charge on any atom is 0.186 e. The average Bonchev–Trinajstić information content (AvgIpc) is 3.10. The molecule has 0 N–H and O–H groups in total. The lowest BCUT2D eigenvalue weighted by Crippen LogP contribution is -2.46. The Labute approximate surface area is 152 Å². The number of para-hydroxylation sites is 2. The van der Waals surface area contributed by atoms with Gasteiger partial charge in [0.1, 0.15) is 5.75 Å². The third-order valence-electron chi connectivity index (χ3n) is 5.05. The third kappa shape index (κ3) is 2.93. The van der Waals surface area contributed by atoms with Crippen molar-refractivity contribution in [3.05, 3.63) is 47.5 Å². The van der Waals surface area contributed by atoms with Crippen molar-refractivity contribution in [2.45, 2.75) is 13.8 Å². The molecule has 1 aliphatic heterocycles. The van der Waals surface area contributed by atoms with Gasteiger partial charge in [-0.05, 0) is 43.2 Å². The van der Waals surface area contributed by atoms with Gasteiger partial charge in [0, 0.05) is 26.2 Å². The summed E-state index contributed by atoms with van der Waals surface area (Å²) in [4.78, 5) is 9.74. The zero-order valence-corrected chi connectivity index (χ0v) is 15.8. The first-order chi connectivity index (χ1) is 12.2. The minimum absolute atomic E-state index is 0.946. The molecule has 0 unspecified atom stereocenters. The molecule has 1 aromatic heterocycles. The van der Waals surface area contributed by atoms with Crippen molar-refractivity contribution in [1.29, 1.82) is 0 Å². The summed E-state index contributed by atoms with van der Waals surface area (Å²) in [7, 11) is 1.74. The number of piperazine rings is 1. The number of rotatable bonds is 3. The molecule has 0 amide bonds. The average molecular weight is 353 g/mol. The second kappa shape index (κ2) is 6.56. The summed E-state index contributed by atoms with van der Waals surface area (Å²) in [5.41, 5.74) is 4.95. The van der Waals surface area contributed by atoms with Gasteiger partial charge in [0.25, 0.3) is 0 Å². The number of hydrogen-bond acceptors (Lipinski definition) is 5. The first-order valence-electron chi connectivity index (χ1n) is 8.67. The number of nitrogens with zero attached hydrogens (tertiary/aromatic N) is 3. The zero-order valence-electron chi connectivity index (χ0n) is 15.0. The van der Waals surface area contributed by atoms with Crippen LogP contribution in [0.1, 0.15) is 11.1 Å². The van der Waals surface area contributed by atoms with E-state index in [1.54, 1.807) is 18.4 Å². The van der Waals surface area contributed by atoms with Crippen molar-refractivity contribution >= 4 is 32.4 Å². The minimum Gasteiger partial charge on any atom is -0.495 e. The van der Waals surface area contributed by atoms with Gasteiger partial charge in [-0.15, -0.1) is 0 Å². The standard InChI is InChI=1S/C20H23N3OS/c1-14-8-9-18-19(15(14)2)21-20(25-18)23-12-10-22(11-13-23)16-6-4-5-7-17(16)24-3/h4-9H,10-13H2,1-3H3. The highest BCUT2D eigenvalue weighted by atomic mass is 32.1. The topological polar surface area (TPSA) is 28.6 Å². The van der Waals surface area contributed by atoms with E-state index in [0.29, 0.717) is 0 Å². The quantitative estimate of drug-likeness (QED) is 0.704. The monoisotopic (exact) mass is 353 g/mol. The summed E-state index contributed by atoms with van der Waals surface area (Å²) in [5.74, 6) is 0.946. The first-order valence-corrected chi connectivity index (χ1v) is 9.48. The van der Waals surface area contributed by atoms with E-state index >= 15 is 0 Å². The largest absolute Gasteiger partial charge is 0.495 e. The number of anilines is 2. The van der Waals surface area contributed by atoms with Gasteiger partial charge in [-0.25, -0.2) is 4.98 Å². The number of ether oxygens (including phenoxy) is 1. The Morgan fingerprint density at radius 3 is 2.44 bits per heavy atom. The van der Waals surface area contributed by atoms with Gasteiger partial charge in [0.15, 0.2) is 5.13 Å². The molecule has 1 aliphatic rings. The summed E-state index contributed by atoms with van der Waals surface area (Å²) >= 11 is 1.80. The first kappa shape index (κ1) is 16.2. The number of thiazole rings is 1. The molecule has 0 spiro atoms. The Hall–Kier alpha value is -2.27. The van der Waals surface area contributed by atoms with E-state index in [4.69, 9.17) is 9.72 Å². The van der Waals surface area contributed by atoms with Gasteiger partial charge in [-0.3, -0.25) is 0 Å². The molecule has 0 atom stereocenters. The van der Waals surface area contributed by atoms with Crippen LogP contribution in [-0.2, 0) is 0 Å². The fraction of sp³-hybridized carbons (Fsp3) is 0.350. The molecule has 2 aromatic carbocycles. The Bertz CT molecular complexity index is 897. The molecule has 3 aromatic rings. The molecule has 2 heterocycles. The number of aromatic nitrogens is 1. The van der Waals surface area contributed by atoms with E-state index in [0.717, 1.165) is 42.6 Å². The third-order valence-corrected chi connectivity index (χ3v) is 6.13. The van der Waals surface area contributed by atoms with Crippen LogP contribution in [0.4, 0.5) is 10.8 Å². The van der Waals surface area contributed by atoms with E-state index in [1.165, 1.54) is 21.5 Å². The highest BCUT2D eigenvalue weighted by Gasteiger charge is 2.22. The zero-order chi connectivity index (χ0) is 17.4. The molecule has 1 fully saturated rings. The van der Waals surface area contributed by atoms with Crippen LogP contribution in [-0.4, -0.2) is 38.3 Å². The summed E-state index contributed by atoms with van der Waals surface area (Å²) in [6.07, 6.45) is 0. The molecule has 4 rings (SSSR count). The van der Waals surface area contributed by atoms with Crippen molar-refractivity contribution in [3.8, 4) is 5.75 Å². The van der Waals surface area contributed by atoms with Crippen LogP contribution in [0.15, 0.2) is 36.4 Å². The van der Waals surface area contributed by atoms with Gasteiger partial charge >= 0.3 is 0 Å². The van der Waals surface area contributed by atoms with Crippen LogP contribution in [0.2, 0.25) is 0 Å². The number of methoxy groups -OCH3 is 1. The molecule has 0 bridgehead atoms. The molecule has 130 valence electrons. The van der Waals surface area contributed by atoms with Gasteiger partial charge < -0.3 is 14.5 Å². The highest BCUT2D eigenvalue weighted by molar-refractivity contribution is 7.22. The fourth-order valence-electron chi connectivity index (χ4n) is 3.38. The second-order valence-electron chi connectivity index (χ2n) is 6.50. The van der Waals surface area contributed by atoms with Crippen molar-refractivity contribution in [1.82, 2.24) is 4.98 Å². The van der Waals surface area contributed by atoms with E-state index in [-0.39, 0.29) is 0 Å². The van der Waals surface area contributed by atoms with Crippen molar-refractivity contribution < 1.29 is 4.74 Å². The number of aryl methyl sites for hydroxylation is 2. The van der Waals surface area contributed by atoms with Crippen molar-refractivity contribution in [2.75, 3.05) is 43.1 Å². The predicted octanol–water partition coefficient (Wildman–Crippen LogP) is 4.25. The van der Waals surface area contributed by atoms with Crippen LogP contribution in [0.3, 0.4) is 0 Å². The fourth-order valence-corrected chi connectivity index (χ4v) is 4.46. The van der Waals surface area contributed by atoms with Crippen LogP contribution >= 0.6 is 11.3 Å². The van der Waals surface area contributed by atoms with Crippen molar-refractivity contribution in [2.24, 2.45) is 0 Å². The molecule has 25 heavy (non-hydrogen) atoms. The van der Waals surface area contributed by atoms with E-state index in [2.05, 4.69) is 47.9 Å². The molecule has 0 saturated carbocycles. The van der Waals surface area contributed by atoms with Gasteiger partial charge in [-0.2, -0.15) is 0 Å². The van der Waals surface area contributed by atoms with Gasteiger partial charge in [0.05, 0.1) is 23.0 Å². The summed E-state index contributed by atoms with van der Waals surface area (Å²) < 4.78 is 6.79. The molecular formula is C20H23N3OS. The van der Waals surface area contributed by atoms with Crippen LogP contribution in [0.5, 0.6) is 5.75 Å². The smallest absolute Gasteiger partial charge is 0.186 e. The molecule has 5 heteroatoms. The van der Waals surface area contributed by atoms with E-state index < -0.39 is 0 Å². The molecule has 4 nitrogen and oxygen atoms in total. The van der Waals surface area contributed by atoms with E-state index in [1.807, 2.05) is 12.1 Å². The van der Waals surface area contributed by atoms with Gasteiger partial charge in [0.2, 0.25) is 0 Å². The molecule has 1 saturated heterocycles. The summed E-state index contributed by atoms with van der Waals surface area (Å²) in [6.45, 7) is 8.25. The lowest BCUT2D eigenvalue weighted by atomic mass is 10.1. The lowest BCUT2D eigenvalue weighted by Gasteiger charge is -2.36. The lowest BCUT2D eigenvalue weighted by molar-refractivity contribution is 0.413. The Morgan fingerprint density at radius 2 is 1.68 bits per heavy atom. The summed E-state index contributed by atoms with van der Waals surface area (Å²) in [6, 6.07) is 12.6. The Morgan fingerprint density at radius 1 is 0.960 bits per heavy atom. The second-order valence-corrected chi connectivity index (χ2v) is 7.51. The van der Waals surface area contributed by atoms with Crippen LogP contribution < -0.4 is 14.5 Å². The number of fused-ring (bicyclic) bond motifs is 1. The number of hydrogen-bond donors (Lipinski definition) is 0. The molecular weight excluding hydrogens is 330 g/mol. The maximum atomic E-state index is 5.51. The van der Waals surface area contributed by atoms with E-state index in [9.17, 15) is 0 Å². The van der Waals surface area contributed by atoms with Crippen LogP contribution in [0.25, 0.3) is 10.2 Å². The Balaban J connectivity index is 1.53. The highest BCUT2D eigenvalue weighted by Crippen LogP contribution is 2.33. The van der Waals surface area contributed by atoms with Gasteiger partial charge in [-0.1, -0.05) is 29.5 Å². The Kier molecular flexibility index (Phi) is 4.25.